The molecule has 2 N–H and O–H groups in total. The minimum absolute atomic E-state index is 0.115. The zero-order valence-corrected chi connectivity index (χ0v) is 13.1. The predicted octanol–water partition coefficient (Wildman–Crippen LogP) is 3.69. The van der Waals surface area contributed by atoms with Gasteiger partial charge in [0.2, 0.25) is 6.10 Å². The number of carbonyl (C=O) groups excluding carboxylic acids is 1. The van der Waals surface area contributed by atoms with Gasteiger partial charge in [-0.2, -0.15) is 0 Å². The van der Waals surface area contributed by atoms with Crippen LogP contribution in [-0.2, 0) is 16.0 Å². The highest BCUT2D eigenvalue weighted by Crippen LogP contribution is 2.15. The number of rotatable bonds is 5. The van der Waals surface area contributed by atoms with Crippen LogP contribution in [0.5, 0.6) is 0 Å². The second-order valence-electron chi connectivity index (χ2n) is 4.55. The van der Waals surface area contributed by atoms with Gasteiger partial charge in [0.15, 0.2) is 0 Å². The minimum Gasteiger partial charge on any atom is -0.478 e. The summed E-state index contributed by atoms with van der Waals surface area (Å²) in [4.78, 5) is 23.0. The number of carbonyl (C=O) groups is 2. The molecule has 1 unspecified atom stereocenters. The van der Waals surface area contributed by atoms with Gasteiger partial charge in [0.1, 0.15) is 0 Å². The van der Waals surface area contributed by atoms with Crippen LogP contribution in [0.15, 0.2) is 59.1 Å². The Balaban J connectivity index is 1.97. The molecule has 1 amide bonds. The Morgan fingerprint density at radius 3 is 2.32 bits per heavy atom. The summed E-state index contributed by atoms with van der Waals surface area (Å²) in [6.07, 6.45) is -1.92. The molecule has 0 saturated carbocycles. The maximum atomic E-state index is 11.8. The number of carboxylic acid groups (broad SMARTS) is 1. The summed E-state index contributed by atoms with van der Waals surface area (Å²) in [6.45, 7) is 0. The van der Waals surface area contributed by atoms with Crippen molar-refractivity contribution in [3.05, 3.63) is 64.6 Å². The number of nitrogens with one attached hydrogen (secondary N) is 1. The zero-order chi connectivity index (χ0) is 15.9. The molecule has 0 saturated heterocycles. The first-order valence-corrected chi connectivity index (χ1v) is 7.34. The summed E-state index contributed by atoms with van der Waals surface area (Å²) in [5.41, 5.74) is 1.31. The van der Waals surface area contributed by atoms with Crippen molar-refractivity contribution in [2.45, 2.75) is 12.5 Å². The summed E-state index contributed by atoms with van der Waals surface area (Å²) >= 11 is 3.29. The van der Waals surface area contributed by atoms with Crippen molar-refractivity contribution in [3.8, 4) is 0 Å². The molecule has 0 fully saturated rings. The van der Waals surface area contributed by atoms with E-state index in [2.05, 4.69) is 21.2 Å². The second-order valence-corrected chi connectivity index (χ2v) is 5.47. The van der Waals surface area contributed by atoms with Crippen LogP contribution in [0.4, 0.5) is 10.5 Å². The average molecular weight is 364 g/mol. The molecule has 0 spiro atoms. The third-order valence-electron chi connectivity index (χ3n) is 2.88. The van der Waals surface area contributed by atoms with Gasteiger partial charge >= 0.3 is 12.1 Å². The zero-order valence-electron chi connectivity index (χ0n) is 11.5. The van der Waals surface area contributed by atoms with Crippen molar-refractivity contribution in [2.24, 2.45) is 0 Å². The lowest BCUT2D eigenvalue weighted by Crippen LogP contribution is -2.31. The molecule has 22 heavy (non-hydrogen) atoms. The van der Waals surface area contributed by atoms with Gasteiger partial charge < -0.3 is 9.84 Å². The quantitative estimate of drug-likeness (QED) is 0.849. The lowest BCUT2D eigenvalue weighted by Gasteiger charge is -2.14. The van der Waals surface area contributed by atoms with E-state index in [0.717, 1.165) is 10.0 Å². The first-order chi connectivity index (χ1) is 10.5. The Labute approximate surface area is 136 Å². The van der Waals surface area contributed by atoms with Crippen molar-refractivity contribution < 1.29 is 19.4 Å². The van der Waals surface area contributed by atoms with Gasteiger partial charge in [0, 0.05) is 16.6 Å². The highest BCUT2D eigenvalue weighted by Gasteiger charge is 2.22. The first kappa shape index (κ1) is 16.0. The Bertz CT molecular complexity index is 643. The lowest BCUT2D eigenvalue weighted by atomic mass is 10.1. The second kappa shape index (κ2) is 7.61. The van der Waals surface area contributed by atoms with E-state index in [-0.39, 0.29) is 6.42 Å². The van der Waals surface area contributed by atoms with E-state index in [1.807, 2.05) is 6.07 Å². The van der Waals surface area contributed by atoms with Crippen molar-refractivity contribution in [3.63, 3.8) is 0 Å². The fourth-order valence-electron chi connectivity index (χ4n) is 1.82. The van der Waals surface area contributed by atoms with E-state index in [9.17, 15) is 14.7 Å². The van der Waals surface area contributed by atoms with Gasteiger partial charge in [-0.1, -0.05) is 46.3 Å². The van der Waals surface area contributed by atoms with Gasteiger partial charge in [-0.25, -0.2) is 9.59 Å². The van der Waals surface area contributed by atoms with Crippen molar-refractivity contribution in [2.75, 3.05) is 5.32 Å². The molecule has 0 aliphatic carbocycles. The van der Waals surface area contributed by atoms with Gasteiger partial charge in [-0.15, -0.1) is 0 Å². The van der Waals surface area contributed by atoms with Crippen LogP contribution < -0.4 is 5.32 Å². The number of hydrogen-bond donors (Lipinski definition) is 2. The van der Waals surface area contributed by atoms with Crippen LogP contribution in [-0.4, -0.2) is 23.3 Å². The molecule has 0 aromatic heterocycles. The van der Waals surface area contributed by atoms with Crippen LogP contribution in [0.25, 0.3) is 0 Å². The maximum Gasteiger partial charge on any atom is 0.412 e. The molecule has 2 rings (SSSR count). The number of carboxylic acids is 1. The standard InChI is InChI=1S/C16H14BrNO4/c17-12-6-8-13(9-7-12)18-16(21)22-14(15(19)20)10-11-4-2-1-3-5-11/h1-9,14H,10H2,(H,18,21)(H,19,20). The number of aliphatic carboxylic acids is 1. The minimum atomic E-state index is -1.24. The third-order valence-corrected chi connectivity index (χ3v) is 3.41. The molecule has 114 valence electrons. The van der Waals surface area contributed by atoms with Crippen LogP contribution in [0.3, 0.4) is 0 Å². The van der Waals surface area contributed by atoms with Crippen molar-refractivity contribution in [1.29, 1.82) is 0 Å². The number of anilines is 1. The molecule has 5 nitrogen and oxygen atoms in total. The largest absolute Gasteiger partial charge is 0.478 e. The molecule has 1 atom stereocenters. The van der Waals surface area contributed by atoms with Gasteiger partial charge in [-0.05, 0) is 29.8 Å². The molecular formula is C16H14BrNO4. The predicted molar refractivity (Wildman–Crippen MR) is 85.8 cm³/mol. The molecule has 0 bridgehead atoms. The van der Waals surface area contributed by atoms with Crippen LogP contribution in [0.2, 0.25) is 0 Å². The van der Waals surface area contributed by atoms with Crippen LogP contribution >= 0.6 is 15.9 Å². The van der Waals surface area contributed by atoms with Crippen molar-refractivity contribution >= 4 is 33.7 Å². The number of benzene rings is 2. The monoisotopic (exact) mass is 363 g/mol. The molecule has 2 aromatic carbocycles. The number of hydrogen-bond acceptors (Lipinski definition) is 3. The number of halogens is 1. The third kappa shape index (κ3) is 4.89. The maximum absolute atomic E-state index is 11.8. The summed E-state index contributed by atoms with van der Waals surface area (Å²) < 4.78 is 5.86. The van der Waals surface area contributed by atoms with Gasteiger partial charge in [-0.3, -0.25) is 5.32 Å². The highest BCUT2D eigenvalue weighted by molar-refractivity contribution is 9.10. The Kier molecular flexibility index (Phi) is 5.55. The molecule has 0 aliphatic rings. The van der Waals surface area contributed by atoms with Crippen molar-refractivity contribution in [1.82, 2.24) is 0 Å². The summed E-state index contributed by atoms with van der Waals surface area (Å²) in [7, 11) is 0. The smallest absolute Gasteiger partial charge is 0.412 e. The van der Waals surface area contributed by atoms with E-state index in [0.29, 0.717) is 5.69 Å². The molecule has 0 heterocycles. The summed E-state index contributed by atoms with van der Waals surface area (Å²) in [5.74, 6) is -1.19. The lowest BCUT2D eigenvalue weighted by molar-refractivity contribution is -0.146. The molecule has 0 radical (unpaired) electrons. The summed E-state index contributed by atoms with van der Waals surface area (Å²) in [5, 5.41) is 11.7. The SMILES string of the molecule is O=C(Nc1ccc(Br)cc1)OC(Cc1ccccc1)C(=O)O. The topological polar surface area (TPSA) is 75.6 Å². The van der Waals surface area contributed by atoms with E-state index in [4.69, 9.17) is 4.74 Å². The van der Waals surface area contributed by atoms with E-state index in [1.165, 1.54) is 0 Å². The molecule has 0 aliphatic heterocycles. The van der Waals surface area contributed by atoms with Gasteiger partial charge in [0.25, 0.3) is 0 Å². The number of amides is 1. The van der Waals surface area contributed by atoms with E-state index >= 15 is 0 Å². The Morgan fingerprint density at radius 1 is 1.09 bits per heavy atom. The Morgan fingerprint density at radius 2 is 1.73 bits per heavy atom. The highest BCUT2D eigenvalue weighted by atomic mass is 79.9. The van der Waals surface area contributed by atoms with Crippen LogP contribution in [0, 0.1) is 0 Å². The number of ether oxygens (including phenoxy) is 1. The first-order valence-electron chi connectivity index (χ1n) is 6.54. The van der Waals surface area contributed by atoms with Gasteiger partial charge in [0.05, 0.1) is 0 Å². The fourth-order valence-corrected chi connectivity index (χ4v) is 2.08. The molecule has 6 heteroatoms. The van der Waals surface area contributed by atoms with E-state index < -0.39 is 18.2 Å². The molecular weight excluding hydrogens is 350 g/mol. The Hall–Kier alpha value is -2.34. The summed E-state index contributed by atoms with van der Waals surface area (Å²) in [6, 6.07) is 15.9. The van der Waals surface area contributed by atoms with E-state index in [1.54, 1.807) is 48.5 Å². The molecule has 2 aromatic rings. The van der Waals surface area contributed by atoms with Crippen LogP contribution in [0.1, 0.15) is 5.56 Å². The average Bonchev–Trinajstić information content (AvgIpc) is 2.50. The fraction of sp³-hybridized carbons (Fsp3) is 0.125. The normalized spacial score (nSPS) is 11.5.